The fourth-order valence-electron chi connectivity index (χ4n) is 2.19. The Kier molecular flexibility index (Phi) is 20.2. The first-order chi connectivity index (χ1) is 10.7. The van der Waals surface area contributed by atoms with Gasteiger partial charge in [0.15, 0.2) is 0 Å². The van der Waals surface area contributed by atoms with E-state index in [1.807, 2.05) is 32.6 Å². The molecule has 1 amide bonds. The van der Waals surface area contributed by atoms with Crippen molar-refractivity contribution in [1.29, 1.82) is 0 Å². The van der Waals surface area contributed by atoms with Crippen molar-refractivity contribution in [1.82, 2.24) is 10.2 Å². The van der Waals surface area contributed by atoms with Crippen LogP contribution in [0.25, 0.3) is 0 Å². The number of aldehydes is 1. The summed E-state index contributed by atoms with van der Waals surface area (Å²) in [5, 5.41) is 2.57. The third-order valence-electron chi connectivity index (χ3n) is 3.25. The molecule has 1 radical (unpaired) electrons. The van der Waals surface area contributed by atoms with Crippen molar-refractivity contribution in [2.45, 2.75) is 59.9 Å². The molecular weight excluding hydrogens is 462 g/mol. The van der Waals surface area contributed by atoms with Gasteiger partial charge in [0.25, 0.3) is 0 Å². The zero-order valence-electron chi connectivity index (χ0n) is 15.5. The molecule has 1 aliphatic heterocycles. The number of rotatable bonds is 7. The standard InChI is InChI=1S/C14H21N2O2.2C2H6.Re/c1-4-11-8-9-16(13(11)5-2)12(10-17)6-7-14(18)15-3;2*1-2;/h5,8,10,12H,2,4,6-7,9H2,1,3H3,(H,15,18);2*1-2H3;/q-1;;;. The number of allylic oxidation sites excluding steroid dienone is 1. The van der Waals surface area contributed by atoms with Crippen LogP contribution in [0.4, 0.5) is 0 Å². The van der Waals surface area contributed by atoms with Gasteiger partial charge in [-0.1, -0.05) is 41.0 Å². The van der Waals surface area contributed by atoms with Gasteiger partial charge in [-0.3, -0.25) is 4.79 Å². The molecule has 1 unspecified atom stereocenters. The third kappa shape index (κ3) is 8.98. The van der Waals surface area contributed by atoms with E-state index in [9.17, 15) is 9.59 Å². The molecule has 0 aliphatic carbocycles. The molecule has 1 N–H and O–H groups in total. The van der Waals surface area contributed by atoms with Gasteiger partial charge in [0, 0.05) is 33.9 Å². The van der Waals surface area contributed by atoms with Gasteiger partial charge in [-0.15, -0.1) is 18.4 Å². The monoisotopic (exact) mass is 496 g/mol. The van der Waals surface area contributed by atoms with Crippen molar-refractivity contribution in [2.24, 2.45) is 0 Å². The second-order valence-electron chi connectivity index (χ2n) is 4.24. The first kappa shape index (κ1) is 26.8. The maximum atomic E-state index is 11.2. The summed E-state index contributed by atoms with van der Waals surface area (Å²) in [6.07, 6.45) is 6.65. The minimum Gasteiger partial charge on any atom is -0.452 e. The Morgan fingerprint density at radius 3 is 2.35 bits per heavy atom. The van der Waals surface area contributed by atoms with E-state index in [-0.39, 0.29) is 32.4 Å². The summed E-state index contributed by atoms with van der Waals surface area (Å²) >= 11 is 0. The van der Waals surface area contributed by atoms with E-state index >= 15 is 0 Å². The second kappa shape index (κ2) is 17.3. The molecule has 0 bridgehead atoms. The molecule has 0 aromatic heterocycles. The van der Waals surface area contributed by atoms with Crippen molar-refractivity contribution in [3.63, 3.8) is 0 Å². The molecule has 135 valence electrons. The minimum absolute atomic E-state index is 0. The molecule has 1 atom stereocenters. The quantitative estimate of drug-likeness (QED) is 0.435. The number of carbonyl (C=O) groups excluding carboxylic acids is 2. The van der Waals surface area contributed by atoms with E-state index in [1.165, 1.54) is 5.57 Å². The van der Waals surface area contributed by atoms with Crippen molar-refractivity contribution in [3.8, 4) is 0 Å². The SMILES string of the molecule is C=CC1=C(CC)[CH-]CN1C(C=O)CCC(=O)NC.CC.CC.[Re]. The average Bonchev–Trinajstić information content (AvgIpc) is 3.01. The van der Waals surface area contributed by atoms with Crippen molar-refractivity contribution < 1.29 is 30.0 Å². The zero-order valence-corrected chi connectivity index (χ0v) is 18.2. The van der Waals surface area contributed by atoms with Crippen LogP contribution in [0.3, 0.4) is 0 Å². The number of carbonyl (C=O) groups is 2. The second-order valence-corrected chi connectivity index (χ2v) is 4.24. The molecule has 23 heavy (non-hydrogen) atoms. The number of hydrogen-bond acceptors (Lipinski definition) is 3. The molecule has 1 aliphatic rings. The van der Waals surface area contributed by atoms with Gasteiger partial charge < -0.3 is 15.0 Å². The van der Waals surface area contributed by atoms with Gasteiger partial charge in [-0.2, -0.15) is 5.57 Å². The van der Waals surface area contributed by atoms with E-state index in [2.05, 4.69) is 25.2 Å². The van der Waals surface area contributed by atoms with E-state index in [0.29, 0.717) is 12.8 Å². The van der Waals surface area contributed by atoms with Crippen LogP contribution in [0.5, 0.6) is 0 Å². The molecule has 0 saturated carbocycles. The fraction of sp³-hybridized carbons (Fsp3) is 0.611. The van der Waals surface area contributed by atoms with Crippen molar-refractivity contribution in [2.75, 3.05) is 13.6 Å². The van der Waals surface area contributed by atoms with Gasteiger partial charge in [-0.25, -0.2) is 6.42 Å². The van der Waals surface area contributed by atoms with Crippen LogP contribution in [0, 0.1) is 6.42 Å². The minimum atomic E-state index is -0.254. The Balaban J connectivity index is -0.000000739. The molecule has 0 saturated heterocycles. The predicted molar refractivity (Wildman–Crippen MR) is 94.4 cm³/mol. The van der Waals surface area contributed by atoms with Crippen LogP contribution in [-0.2, 0) is 30.0 Å². The smallest absolute Gasteiger partial charge is 0.219 e. The van der Waals surface area contributed by atoms with Crippen LogP contribution in [0.2, 0.25) is 0 Å². The molecule has 4 nitrogen and oxygen atoms in total. The summed E-state index contributed by atoms with van der Waals surface area (Å²) in [4.78, 5) is 24.5. The molecule has 1 rings (SSSR count). The summed E-state index contributed by atoms with van der Waals surface area (Å²) in [6, 6.07) is -0.254. The van der Waals surface area contributed by atoms with Crippen LogP contribution >= 0.6 is 0 Å². The van der Waals surface area contributed by atoms with Crippen LogP contribution in [0.1, 0.15) is 53.9 Å². The molecule has 0 aromatic carbocycles. The van der Waals surface area contributed by atoms with Gasteiger partial charge >= 0.3 is 0 Å². The first-order valence-corrected chi connectivity index (χ1v) is 8.29. The summed E-state index contributed by atoms with van der Waals surface area (Å²) in [7, 11) is 1.60. The molecule has 0 fully saturated rings. The van der Waals surface area contributed by atoms with Crippen LogP contribution < -0.4 is 5.32 Å². The fourth-order valence-corrected chi connectivity index (χ4v) is 2.19. The van der Waals surface area contributed by atoms with Gasteiger partial charge in [0.1, 0.15) is 6.29 Å². The van der Waals surface area contributed by atoms with E-state index in [4.69, 9.17) is 0 Å². The van der Waals surface area contributed by atoms with Crippen molar-refractivity contribution >= 4 is 12.2 Å². The summed E-state index contributed by atoms with van der Waals surface area (Å²) in [6.45, 7) is 14.6. The Bertz CT molecular complexity index is 368. The summed E-state index contributed by atoms with van der Waals surface area (Å²) in [5.41, 5.74) is 2.24. The Morgan fingerprint density at radius 1 is 1.39 bits per heavy atom. The van der Waals surface area contributed by atoms with Crippen LogP contribution in [-0.4, -0.2) is 36.7 Å². The number of hydrogen-bond donors (Lipinski definition) is 1. The first-order valence-electron chi connectivity index (χ1n) is 8.29. The Labute approximate surface area is 156 Å². The average molecular weight is 496 g/mol. The Morgan fingerprint density at radius 2 is 1.96 bits per heavy atom. The Hall–Kier alpha value is -1.05. The normalized spacial score (nSPS) is 13.2. The maximum absolute atomic E-state index is 11.2. The summed E-state index contributed by atoms with van der Waals surface area (Å²) in [5.74, 6) is -0.0372. The largest absolute Gasteiger partial charge is 0.452 e. The van der Waals surface area contributed by atoms with E-state index in [1.54, 1.807) is 13.1 Å². The van der Waals surface area contributed by atoms with E-state index in [0.717, 1.165) is 24.9 Å². The maximum Gasteiger partial charge on any atom is 0.219 e. The number of amides is 1. The molecule has 0 aromatic rings. The predicted octanol–water partition coefficient (Wildman–Crippen LogP) is 3.50. The van der Waals surface area contributed by atoms with Gasteiger partial charge in [-0.05, 0) is 13.0 Å². The van der Waals surface area contributed by atoms with Crippen molar-refractivity contribution in [3.05, 3.63) is 30.3 Å². The number of nitrogens with zero attached hydrogens (tertiary/aromatic N) is 1. The summed E-state index contributed by atoms with van der Waals surface area (Å²) < 4.78 is 0. The van der Waals surface area contributed by atoms with Gasteiger partial charge in [0.2, 0.25) is 5.91 Å². The molecular formula is C18H33N2O2Re-. The molecule has 0 spiro atoms. The molecule has 5 heteroatoms. The van der Waals surface area contributed by atoms with E-state index < -0.39 is 0 Å². The number of nitrogens with one attached hydrogen (secondary N) is 1. The van der Waals surface area contributed by atoms with Gasteiger partial charge in [0.05, 0.1) is 6.04 Å². The van der Waals surface area contributed by atoms with Crippen LogP contribution in [0.15, 0.2) is 23.9 Å². The topological polar surface area (TPSA) is 49.4 Å². The third-order valence-corrected chi connectivity index (χ3v) is 3.25. The molecule has 1 heterocycles. The zero-order chi connectivity index (χ0) is 17.5.